The van der Waals surface area contributed by atoms with Crippen LogP contribution in [-0.2, 0) is 4.79 Å². The fourth-order valence-corrected chi connectivity index (χ4v) is 2.95. The average molecular weight is 254 g/mol. The molecule has 0 bridgehead atoms. The Kier molecular flexibility index (Phi) is 6.13. The molecule has 0 aliphatic heterocycles. The maximum atomic E-state index is 12.3. The van der Waals surface area contributed by atoms with E-state index in [2.05, 4.69) is 33.0 Å². The standard InChI is InChI=1S/C15H30N2O/c1-5-10(2)9-11(3)17-15(18)13-7-6-8-14(16)12(13)4/h10-14H,5-9,16H2,1-4H3,(H,17,18). The third kappa shape index (κ3) is 4.27. The quantitative estimate of drug-likeness (QED) is 0.792. The molecule has 1 saturated carbocycles. The molecule has 1 rings (SSSR count). The van der Waals surface area contributed by atoms with Crippen molar-refractivity contribution in [1.82, 2.24) is 5.32 Å². The second-order valence-corrected chi connectivity index (χ2v) is 6.22. The van der Waals surface area contributed by atoms with E-state index in [4.69, 9.17) is 5.73 Å². The summed E-state index contributed by atoms with van der Waals surface area (Å²) >= 11 is 0. The first-order valence-electron chi connectivity index (χ1n) is 7.51. The van der Waals surface area contributed by atoms with Crippen LogP contribution in [0.25, 0.3) is 0 Å². The Balaban J connectivity index is 2.44. The lowest BCUT2D eigenvalue weighted by Gasteiger charge is -2.33. The molecule has 1 aliphatic rings. The fraction of sp³-hybridized carbons (Fsp3) is 0.933. The van der Waals surface area contributed by atoms with Crippen LogP contribution in [0, 0.1) is 17.8 Å². The third-order valence-corrected chi connectivity index (χ3v) is 4.54. The molecular weight excluding hydrogens is 224 g/mol. The van der Waals surface area contributed by atoms with Crippen molar-refractivity contribution in [2.24, 2.45) is 23.5 Å². The highest BCUT2D eigenvalue weighted by Gasteiger charge is 2.32. The minimum absolute atomic E-state index is 0.119. The van der Waals surface area contributed by atoms with Gasteiger partial charge in [0.2, 0.25) is 5.91 Å². The van der Waals surface area contributed by atoms with Crippen LogP contribution in [0.4, 0.5) is 0 Å². The Bertz CT molecular complexity index is 267. The van der Waals surface area contributed by atoms with Gasteiger partial charge in [-0.15, -0.1) is 0 Å². The van der Waals surface area contributed by atoms with E-state index in [1.165, 1.54) is 6.42 Å². The van der Waals surface area contributed by atoms with Crippen LogP contribution in [0.3, 0.4) is 0 Å². The zero-order valence-corrected chi connectivity index (χ0v) is 12.4. The van der Waals surface area contributed by atoms with Crippen LogP contribution in [0.15, 0.2) is 0 Å². The highest BCUT2D eigenvalue weighted by molar-refractivity contribution is 5.79. The average Bonchev–Trinajstić information content (AvgIpc) is 2.32. The number of nitrogens with one attached hydrogen (secondary N) is 1. The van der Waals surface area contributed by atoms with Gasteiger partial charge in [0, 0.05) is 18.0 Å². The smallest absolute Gasteiger partial charge is 0.223 e. The first kappa shape index (κ1) is 15.5. The normalized spacial score (nSPS) is 31.7. The number of nitrogens with two attached hydrogens (primary N) is 1. The van der Waals surface area contributed by atoms with Crippen LogP contribution >= 0.6 is 0 Å². The zero-order chi connectivity index (χ0) is 13.7. The number of carbonyl (C=O) groups is 1. The lowest BCUT2D eigenvalue weighted by molar-refractivity contribution is -0.128. The van der Waals surface area contributed by atoms with E-state index in [-0.39, 0.29) is 23.9 Å². The Morgan fingerprint density at radius 1 is 1.39 bits per heavy atom. The molecule has 106 valence electrons. The minimum atomic E-state index is 0.119. The predicted octanol–water partition coefficient (Wildman–Crippen LogP) is 2.69. The summed E-state index contributed by atoms with van der Waals surface area (Å²) in [5.74, 6) is 1.32. The number of rotatable bonds is 5. The Morgan fingerprint density at radius 2 is 2.06 bits per heavy atom. The van der Waals surface area contributed by atoms with Gasteiger partial charge in [-0.2, -0.15) is 0 Å². The molecule has 0 saturated heterocycles. The first-order chi connectivity index (χ1) is 8.45. The second-order valence-electron chi connectivity index (χ2n) is 6.22. The molecule has 3 N–H and O–H groups in total. The van der Waals surface area contributed by atoms with E-state index in [1.807, 2.05) is 0 Å². The van der Waals surface area contributed by atoms with Crippen LogP contribution in [-0.4, -0.2) is 18.0 Å². The molecule has 1 fully saturated rings. The molecule has 0 aromatic rings. The fourth-order valence-electron chi connectivity index (χ4n) is 2.95. The molecular formula is C15H30N2O. The molecule has 1 aliphatic carbocycles. The van der Waals surface area contributed by atoms with Crippen molar-refractivity contribution in [2.75, 3.05) is 0 Å². The largest absolute Gasteiger partial charge is 0.353 e. The number of amides is 1. The highest BCUT2D eigenvalue weighted by atomic mass is 16.1. The predicted molar refractivity (Wildman–Crippen MR) is 76.2 cm³/mol. The summed E-state index contributed by atoms with van der Waals surface area (Å²) in [5, 5.41) is 3.17. The lowest BCUT2D eigenvalue weighted by Crippen LogP contribution is -2.46. The van der Waals surface area contributed by atoms with E-state index in [1.54, 1.807) is 0 Å². The van der Waals surface area contributed by atoms with Gasteiger partial charge in [-0.05, 0) is 38.0 Å². The molecule has 3 nitrogen and oxygen atoms in total. The van der Waals surface area contributed by atoms with Crippen LogP contribution in [0.5, 0.6) is 0 Å². The molecule has 5 unspecified atom stereocenters. The van der Waals surface area contributed by atoms with Crippen molar-refractivity contribution in [3.05, 3.63) is 0 Å². The van der Waals surface area contributed by atoms with Gasteiger partial charge in [0.25, 0.3) is 0 Å². The number of carbonyl (C=O) groups excluding carboxylic acids is 1. The minimum Gasteiger partial charge on any atom is -0.353 e. The summed E-state index contributed by atoms with van der Waals surface area (Å²) in [6, 6.07) is 0.470. The van der Waals surface area contributed by atoms with Gasteiger partial charge >= 0.3 is 0 Å². The molecule has 1 amide bonds. The van der Waals surface area contributed by atoms with E-state index in [9.17, 15) is 4.79 Å². The van der Waals surface area contributed by atoms with Crippen molar-refractivity contribution in [3.63, 3.8) is 0 Å². The molecule has 0 heterocycles. The summed E-state index contributed by atoms with van der Waals surface area (Å²) < 4.78 is 0. The maximum absolute atomic E-state index is 12.3. The SMILES string of the molecule is CCC(C)CC(C)NC(=O)C1CCCC(N)C1C. The van der Waals surface area contributed by atoms with Gasteiger partial charge < -0.3 is 11.1 Å². The van der Waals surface area contributed by atoms with Gasteiger partial charge in [0.15, 0.2) is 0 Å². The van der Waals surface area contributed by atoms with Crippen LogP contribution in [0.1, 0.15) is 59.8 Å². The van der Waals surface area contributed by atoms with Crippen LogP contribution < -0.4 is 11.1 Å². The van der Waals surface area contributed by atoms with Gasteiger partial charge in [-0.1, -0.05) is 33.6 Å². The van der Waals surface area contributed by atoms with Gasteiger partial charge in [0.05, 0.1) is 0 Å². The van der Waals surface area contributed by atoms with Crippen LogP contribution in [0.2, 0.25) is 0 Å². The second kappa shape index (κ2) is 7.13. The lowest BCUT2D eigenvalue weighted by atomic mass is 9.76. The van der Waals surface area contributed by atoms with Gasteiger partial charge in [-0.3, -0.25) is 4.79 Å². The molecule has 5 atom stereocenters. The van der Waals surface area contributed by atoms with Gasteiger partial charge in [-0.25, -0.2) is 0 Å². The van der Waals surface area contributed by atoms with Crippen molar-refractivity contribution in [3.8, 4) is 0 Å². The topological polar surface area (TPSA) is 55.1 Å². The van der Waals surface area contributed by atoms with E-state index >= 15 is 0 Å². The molecule has 3 heteroatoms. The van der Waals surface area contributed by atoms with Crippen molar-refractivity contribution in [1.29, 1.82) is 0 Å². The van der Waals surface area contributed by atoms with Gasteiger partial charge in [0.1, 0.15) is 0 Å². The number of hydrogen-bond acceptors (Lipinski definition) is 2. The zero-order valence-electron chi connectivity index (χ0n) is 12.4. The summed E-state index contributed by atoms with van der Waals surface area (Å²) in [6.45, 7) is 8.66. The van der Waals surface area contributed by atoms with E-state index in [0.717, 1.165) is 25.7 Å². The molecule has 0 aromatic heterocycles. The first-order valence-corrected chi connectivity index (χ1v) is 7.51. The summed E-state index contributed by atoms with van der Waals surface area (Å²) in [6.07, 6.45) is 5.38. The number of hydrogen-bond donors (Lipinski definition) is 2. The Labute approximate surface area is 112 Å². The molecule has 0 radical (unpaired) electrons. The van der Waals surface area contributed by atoms with Crippen molar-refractivity contribution in [2.45, 2.75) is 71.9 Å². The summed E-state index contributed by atoms with van der Waals surface area (Å²) in [5.41, 5.74) is 6.06. The monoisotopic (exact) mass is 254 g/mol. The Hall–Kier alpha value is -0.570. The van der Waals surface area contributed by atoms with E-state index in [0.29, 0.717) is 11.8 Å². The molecule has 0 aromatic carbocycles. The van der Waals surface area contributed by atoms with Crippen molar-refractivity contribution >= 4 is 5.91 Å². The summed E-state index contributed by atoms with van der Waals surface area (Å²) in [4.78, 5) is 12.3. The Morgan fingerprint density at radius 3 is 2.67 bits per heavy atom. The molecule has 0 spiro atoms. The maximum Gasteiger partial charge on any atom is 0.223 e. The third-order valence-electron chi connectivity index (χ3n) is 4.54. The summed E-state index contributed by atoms with van der Waals surface area (Å²) in [7, 11) is 0. The van der Waals surface area contributed by atoms with Crippen molar-refractivity contribution < 1.29 is 4.79 Å². The molecule has 18 heavy (non-hydrogen) atoms. The highest BCUT2D eigenvalue weighted by Crippen LogP contribution is 2.29. The van der Waals surface area contributed by atoms with E-state index < -0.39 is 0 Å².